The molecule has 5 heterocycles. The minimum atomic E-state index is 0.485. The third kappa shape index (κ3) is 2.23. The molecule has 0 radical (unpaired) electrons. The van der Waals surface area contributed by atoms with Crippen molar-refractivity contribution in [2.75, 3.05) is 29.4 Å². The molecule has 2 aliphatic heterocycles. The summed E-state index contributed by atoms with van der Waals surface area (Å²) < 4.78 is 0. The first-order valence-electron chi connectivity index (χ1n) is 8.36. The number of thiophene rings is 1. The van der Waals surface area contributed by atoms with Crippen LogP contribution in [0.2, 0.25) is 0 Å². The fourth-order valence-electron chi connectivity index (χ4n) is 4.07. The van der Waals surface area contributed by atoms with E-state index in [1.807, 2.05) is 6.20 Å². The first-order valence-corrected chi connectivity index (χ1v) is 9.24. The highest BCUT2D eigenvalue weighted by atomic mass is 32.1. The van der Waals surface area contributed by atoms with E-state index >= 15 is 0 Å². The van der Waals surface area contributed by atoms with Crippen LogP contribution in [0.3, 0.4) is 0 Å². The van der Waals surface area contributed by atoms with E-state index < -0.39 is 0 Å². The minimum absolute atomic E-state index is 0.485. The van der Waals surface area contributed by atoms with E-state index in [2.05, 4.69) is 41.2 Å². The van der Waals surface area contributed by atoms with Gasteiger partial charge in [-0.15, -0.1) is 11.3 Å². The van der Waals surface area contributed by atoms with Crippen molar-refractivity contribution in [3.8, 4) is 0 Å². The van der Waals surface area contributed by atoms with Gasteiger partial charge in [-0.2, -0.15) is 0 Å². The molecule has 0 saturated carbocycles. The summed E-state index contributed by atoms with van der Waals surface area (Å²) in [6.45, 7) is 3.12. The molecule has 0 amide bonds. The van der Waals surface area contributed by atoms with E-state index in [-0.39, 0.29) is 0 Å². The summed E-state index contributed by atoms with van der Waals surface area (Å²) in [4.78, 5) is 23.6. The Bertz CT molecular complexity index is 850. The Balaban J connectivity index is 1.47. The normalized spacial score (nSPS) is 23.7. The lowest BCUT2D eigenvalue weighted by Gasteiger charge is -2.39. The van der Waals surface area contributed by atoms with Crippen molar-refractivity contribution in [1.29, 1.82) is 0 Å². The van der Waals surface area contributed by atoms with Crippen molar-refractivity contribution in [3.05, 3.63) is 36.4 Å². The second-order valence-electron chi connectivity index (χ2n) is 6.44. The lowest BCUT2D eigenvalue weighted by molar-refractivity contribution is 0.388. The molecule has 24 heavy (non-hydrogen) atoms. The van der Waals surface area contributed by atoms with E-state index in [9.17, 15) is 0 Å². The van der Waals surface area contributed by atoms with Crippen LogP contribution in [0.1, 0.15) is 12.8 Å². The quantitative estimate of drug-likeness (QED) is 0.716. The average molecular weight is 338 g/mol. The van der Waals surface area contributed by atoms with Gasteiger partial charge in [0.05, 0.1) is 17.6 Å². The highest BCUT2D eigenvalue weighted by Gasteiger charge is 2.39. The molecule has 0 spiro atoms. The topological polar surface area (TPSA) is 58.0 Å². The van der Waals surface area contributed by atoms with Gasteiger partial charge in [-0.1, -0.05) is 0 Å². The largest absolute Gasteiger partial charge is 0.353 e. The first-order chi connectivity index (χ1) is 11.9. The molecule has 122 valence electrons. The molecule has 0 N–H and O–H groups in total. The second-order valence-corrected chi connectivity index (χ2v) is 7.34. The molecule has 2 saturated heterocycles. The van der Waals surface area contributed by atoms with Crippen molar-refractivity contribution in [3.63, 3.8) is 0 Å². The molecular weight excluding hydrogens is 320 g/mol. The van der Waals surface area contributed by atoms with Gasteiger partial charge >= 0.3 is 0 Å². The molecule has 3 aromatic heterocycles. The fourth-order valence-corrected chi connectivity index (χ4v) is 4.80. The molecule has 2 fully saturated rings. The molecule has 6 nitrogen and oxygen atoms in total. The molecule has 0 bridgehead atoms. The number of fused-ring (bicyclic) bond motifs is 2. The molecule has 2 aliphatic rings. The molecule has 5 rings (SSSR count). The van der Waals surface area contributed by atoms with Crippen molar-refractivity contribution >= 4 is 33.2 Å². The van der Waals surface area contributed by atoms with E-state index in [0.717, 1.165) is 42.0 Å². The third-order valence-corrected chi connectivity index (χ3v) is 6.07. The lowest BCUT2D eigenvalue weighted by atomic mass is 9.92. The van der Waals surface area contributed by atoms with Gasteiger partial charge < -0.3 is 9.80 Å². The fraction of sp³-hybridized carbons (Fsp3) is 0.412. The van der Waals surface area contributed by atoms with Gasteiger partial charge in [0, 0.05) is 32.0 Å². The summed E-state index contributed by atoms with van der Waals surface area (Å²) >= 11 is 1.68. The standard InChI is InChI=1S/C17H18N6S/c1-6-22(15-9-18-4-5-19-15)10-14-12(1)2-7-23(14)16-13-3-8-24-17(13)21-11-20-16/h3-5,8-9,11-12,14H,1-2,6-7,10H2. The minimum Gasteiger partial charge on any atom is -0.353 e. The Kier molecular flexibility index (Phi) is 3.33. The summed E-state index contributed by atoms with van der Waals surface area (Å²) in [5.41, 5.74) is 0. The molecule has 0 aromatic carbocycles. The van der Waals surface area contributed by atoms with Crippen molar-refractivity contribution in [2.45, 2.75) is 18.9 Å². The van der Waals surface area contributed by atoms with Crippen molar-refractivity contribution < 1.29 is 0 Å². The zero-order valence-electron chi connectivity index (χ0n) is 13.2. The Morgan fingerprint density at radius 3 is 2.96 bits per heavy atom. The summed E-state index contributed by atoms with van der Waals surface area (Å²) in [7, 11) is 0. The van der Waals surface area contributed by atoms with Gasteiger partial charge in [0.2, 0.25) is 0 Å². The summed E-state index contributed by atoms with van der Waals surface area (Å²) in [6.07, 6.45) is 9.51. The van der Waals surface area contributed by atoms with Gasteiger partial charge in [-0.25, -0.2) is 15.0 Å². The van der Waals surface area contributed by atoms with Crippen molar-refractivity contribution in [1.82, 2.24) is 19.9 Å². The van der Waals surface area contributed by atoms with Gasteiger partial charge in [0.25, 0.3) is 0 Å². The van der Waals surface area contributed by atoms with Crippen LogP contribution in [0.5, 0.6) is 0 Å². The zero-order valence-corrected chi connectivity index (χ0v) is 14.1. The van der Waals surface area contributed by atoms with Gasteiger partial charge in [-0.3, -0.25) is 4.98 Å². The number of aromatic nitrogens is 4. The maximum absolute atomic E-state index is 4.62. The summed E-state index contributed by atoms with van der Waals surface area (Å²) in [6, 6.07) is 2.63. The van der Waals surface area contributed by atoms with E-state index in [4.69, 9.17) is 0 Å². The molecule has 2 unspecified atom stereocenters. The molecule has 2 atom stereocenters. The van der Waals surface area contributed by atoms with Crippen LogP contribution in [0.15, 0.2) is 36.4 Å². The number of hydrogen-bond acceptors (Lipinski definition) is 7. The SMILES string of the molecule is c1cnc(N2CCC3CCN(c4ncnc5sccc45)C3C2)cn1. The highest BCUT2D eigenvalue weighted by molar-refractivity contribution is 7.16. The smallest absolute Gasteiger partial charge is 0.147 e. The van der Waals surface area contributed by atoms with Gasteiger partial charge in [0.15, 0.2) is 0 Å². The zero-order chi connectivity index (χ0) is 15.9. The Morgan fingerprint density at radius 1 is 1.08 bits per heavy atom. The second kappa shape index (κ2) is 5.66. The van der Waals surface area contributed by atoms with Gasteiger partial charge in [0.1, 0.15) is 22.8 Å². The van der Waals surface area contributed by atoms with Crippen LogP contribution < -0.4 is 9.80 Å². The van der Waals surface area contributed by atoms with Crippen LogP contribution in [-0.2, 0) is 0 Å². The third-order valence-electron chi connectivity index (χ3n) is 5.25. The lowest BCUT2D eigenvalue weighted by Crippen LogP contribution is -2.48. The Hall–Kier alpha value is -2.28. The maximum Gasteiger partial charge on any atom is 0.147 e. The van der Waals surface area contributed by atoms with Gasteiger partial charge in [-0.05, 0) is 30.2 Å². The molecular formula is C17H18N6S. The molecule has 7 heteroatoms. The maximum atomic E-state index is 4.62. The Labute approximate surface area is 144 Å². The van der Waals surface area contributed by atoms with Crippen LogP contribution in [-0.4, -0.2) is 45.6 Å². The van der Waals surface area contributed by atoms with E-state index in [1.165, 1.54) is 18.2 Å². The van der Waals surface area contributed by atoms with Crippen molar-refractivity contribution in [2.24, 2.45) is 5.92 Å². The highest BCUT2D eigenvalue weighted by Crippen LogP contribution is 2.38. The number of anilines is 2. The summed E-state index contributed by atoms with van der Waals surface area (Å²) in [5, 5.41) is 3.28. The molecule has 3 aromatic rings. The molecule has 0 aliphatic carbocycles. The monoisotopic (exact) mass is 338 g/mol. The number of piperidine rings is 1. The number of nitrogens with zero attached hydrogens (tertiary/aromatic N) is 6. The predicted molar refractivity (Wildman–Crippen MR) is 95.5 cm³/mol. The first kappa shape index (κ1) is 14.1. The number of rotatable bonds is 2. The Morgan fingerprint density at radius 2 is 2.04 bits per heavy atom. The van der Waals surface area contributed by atoms with E-state index in [0.29, 0.717) is 6.04 Å². The van der Waals surface area contributed by atoms with Crippen LogP contribution in [0, 0.1) is 5.92 Å². The van der Waals surface area contributed by atoms with Crippen LogP contribution in [0.4, 0.5) is 11.6 Å². The van der Waals surface area contributed by atoms with E-state index in [1.54, 1.807) is 30.1 Å². The predicted octanol–water partition coefficient (Wildman–Crippen LogP) is 2.59. The average Bonchev–Trinajstić information content (AvgIpc) is 3.28. The van der Waals surface area contributed by atoms with Crippen LogP contribution in [0.25, 0.3) is 10.2 Å². The summed E-state index contributed by atoms with van der Waals surface area (Å²) in [5.74, 6) is 2.81. The van der Waals surface area contributed by atoms with Crippen LogP contribution >= 0.6 is 11.3 Å². The number of hydrogen-bond donors (Lipinski definition) is 0.